The van der Waals surface area contributed by atoms with Crippen LogP contribution in [-0.4, -0.2) is 18.3 Å². The number of rotatable bonds is 10. The molecule has 19 rings (SSSR count). The molecule has 0 unspecified atom stereocenters. The number of nitrogens with zero attached hydrogens (tertiary/aromatic N) is 4. The fraction of sp³-hybridized carbons (Fsp3) is 0. The summed E-state index contributed by atoms with van der Waals surface area (Å²) in [6.07, 6.45) is 0. The fourth-order valence-electron chi connectivity index (χ4n) is 15.3. The maximum absolute atomic E-state index is 2.52. The molecule has 19 aromatic rings. The standard InChI is InChI=1S/C90H58N4/c1-4-22-59(23-5-1)62-42-46-69(47-43-62)91-83-38-16-12-34-75(83)79-50-52-81-77-36-14-18-40-85(77)93(89(81)87(79)91)71-31-21-29-65(56-71)64-28-20-30-66(54-64)74-33-11-10-32-73(74)63-44-48-70(49-45-63)92-84-39-17-13-35-76(84)80-51-53-82-78-37-15-19-41-86(78)94(90(82)88(80)92)72-57-67(60-24-6-2-7-25-60)55-68(58-72)61-26-8-3-9-27-61/h1-58H. The Morgan fingerprint density at radius 2 is 0.426 bits per heavy atom. The van der Waals surface area contributed by atoms with Crippen LogP contribution < -0.4 is 0 Å². The third-order valence-corrected chi connectivity index (χ3v) is 19.5. The van der Waals surface area contributed by atoms with Crippen molar-refractivity contribution < 1.29 is 0 Å². The first-order valence-electron chi connectivity index (χ1n) is 32.4. The van der Waals surface area contributed by atoms with E-state index in [1.165, 1.54) is 132 Å². The van der Waals surface area contributed by atoms with E-state index in [0.717, 1.165) is 45.0 Å². The first kappa shape index (κ1) is 53.3. The SMILES string of the molecule is c1ccc(-c2ccc(-n3c4ccccc4c4ccc5c6ccccc6n(-c6cccc(-c7cccc(-c8ccccc8-c8ccc(-n9c%10ccccc%10c%10ccc%11c%12ccccc%12n(-c%12cc(-c%13ccccc%13)cc(-c%13ccccc%13)c%12)c%11c%109)cc8)c7)c6)c5c43)cc2)cc1. The molecule has 0 bridgehead atoms. The van der Waals surface area contributed by atoms with Crippen LogP contribution >= 0.6 is 0 Å². The Labute approximate surface area is 543 Å². The van der Waals surface area contributed by atoms with Crippen LogP contribution in [0.5, 0.6) is 0 Å². The molecular formula is C90H58N4. The van der Waals surface area contributed by atoms with Gasteiger partial charge in [0.05, 0.1) is 44.1 Å². The van der Waals surface area contributed by atoms with E-state index in [1.807, 2.05) is 0 Å². The van der Waals surface area contributed by atoms with Gasteiger partial charge in [0.2, 0.25) is 0 Å². The van der Waals surface area contributed by atoms with Gasteiger partial charge in [0.15, 0.2) is 0 Å². The van der Waals surface area contributed by atoms with Crippen molar-refractivity contribution in [1.29, 1.82) is 0 Å². The van der Waals surface area contributed by atoms with Gasteiger partial charge in [-0.05, 0) is 152 Å². The summed E-state index contributed by atoms with van der Waals surface area (Å²) in [7, 11) is 0. The van der Waals surface area contributed by atoms with Gasteiger partial charge in [-0.1, -0.05) is 267 Å². The molecule has 4 heteroatoms. The number of fused-ring (bicyclic) bond motifs is 14. The minimum absolute atomic E-state index is 1.10. The molecule has 0 amide bonds. The second kappa shape index (κ2) is 21.6. The highest BCUT2D eigenvalue weighted by Crippen LogP contribution is 2.46. The smallest absolute Gasteiger partial charge is 0.0788 e. The monoisotopic (exact) mass is 1190 g/mol. The van der Waals surface area contributed by atoms with Gasteiger partial charge in [-0.3, -0.25) is 0 Å². The molecule has 0 spiro atoms. The van der Waals surface area contributed by atoms with Crippen LogP contribution in [0.3, 0.4) is 0 Å². The summed E-state index contributed by atoms with van der Waals surface area (Å²) in [5, 5.41) is 9.77. The van der Waals surface area contributed by atoms with E-state index in [4.69, 9.17) is 0 Å². The number of hydrogen-bond acceptors (Lipinski definition) is 0. The van der Waals surface area contributed by atoms with Crippen LogP contribution in [0.15, 0.2) is 352 Å². The van der Waals surface area contributed by atoms with Crippen LogP contribution in [0.25, 0.3) is 177 Å². The molecular weight excluding hydrogens is 1140 g/mol. The Bertz CT molecular complexity index is 6120. The van der Waals surface area contributed by atoms with Gasteiger partial charge < -0.3 is 18.3 Å². The Hall–Kier alpha value is -12.5. The largest absolute Gasteiger partial charge is 0.307 e. The Morgan fingerprint density at radius 3 is 0.872 bits per heavy atom. The molecule has 0 aliphatic rings. The number of hydrogen-bond donors (Lipinski definition) is 0. The van der Waals surface area contributed by atoms with Crippen LogP contribution in [0.2, 0.25) is 0 Å². The van der Waals surface area contributed by atoms with E-state index >= 15 is 0 Å². The van der Waals surface area contributed by atoms with E-state index in [0.29, 0.717) is 0 Å². The van der Waals surface area contributed by atoms with E-state index in [9.17, 15) is 0 Å². The minimum Gasteiger partial charge on any atom is -0.307 e. The Balaban J connectivity index is 0.725. The highest BCUT2D eigenvalue weighted by Gasteiger charge is 2.25. The maximum Gasteiger partial charge on any atom is 0.0788 e. The summed E-state index contributed by atoms with van der Waals surface area (Å²) in [5.41, 5.74) is 28.0. The topological polar surface area (TPSA) is 19.7 Å². The molecule has 0 aliphatic heterocycles. The van der Waals surface area contributed by atoms with Gasteiger partial charge in [0.25, 0.3) is 0 Å². The average molecular weight is 1200 g/mol. The molecule has 438 valence electrons. The fourth-order valence-corrected chi connectivity index (χ4v) is 15.3. The lowest BCUT2D eigenvalue weighted by Crippen LogP contribution is -1.99. The predicted molar refractivity (Wildman–Crippen MR) is 396 cm³/mol. The summed E-state index contributed by atoms with van der Waals surface area (Å²) in [6.45, 7) is 0. The Morgan fingerprint density at radius 1 is 0.138 bits per heavy atom. The highest BCUT2D eigenvalue weighted by molar-refractivity contribution is 6.25. The quantitative estimate of drug-likeness (QED) is 0.130. The van der Waals surface area contributed by atoms with Crippen molar-refractivity contribution in [1.82, 2.24) is 18.3 Å². The summed E-state index contributed by atoms with van der Waals surface area (Å²) < 4.78 is 10.0. The predicted octanol–water partition coefficient (Wildman–Crippen LogP) is 24.1. The van der Waals surface area contributed by atoms with Crippen molar-refractivity contribution >= 4 is 87.2 Å². The molecule has 0 atom stereocenters. The van der Waals surface area contributed by atoms with Gasteiger partial charge in [0, 0.05) is 65.8 Å². The highest BCUT2D eigenvalue weighted by atomic mass is 15.1. The van der Waals surface area contributed by atoms with E-state index in [2.05, 4.69) is 370 Å². The van der Waals surface area contributed by atoms with Gasteiger partial charge in [-0.2, -0.15) is 0 Å². The number of aromatic nitrogens is 4. The summed E-state index contributed by atoms with van der Waals surface area (Å²) in [6, 6.07) is 130. The number of benzene rings is 15. The second-order valence-corrected chi connectivity index (χ2v) is 24.8. The lowest BCUT2D eigenvalue weighted by Gasteiger charge is -2.16. The molecule has 0 aliphatic carbocycles. The van der Waals surface area contributed by atoms with E-state index in [1.54, 1.807) is 0 Å². The third kappa shape index (κ3) is 8.47. The normalized spacial score (nSPS) is 11.8. The molecule has 0 saturated heterocycles. The maximum atomic E-state index is 2.52. The van der Waals surface area contributed by atoms with Gasteiger partial charge >= 0.3 is 0 Å². The number of para-hydroxylation sites is 4. The zero-order valence-corrected chi connectivity index (χ0v) is 51.3. The summed E-state index contributed by atoms with van der Waals surface area (Å²) in [5.74, 6) is 0. The zero-order valence-electron chi connectivity index (χ0n) is 51.3. The van der Waals surface area contributed by atoms with Crippen molar-refractivity contribution in [3.63, 3.8) is 0 Å². The van der Waals surface area contributed by atoms with Crippen molar-refractivity contribution in [2.75, 3.05) is 0 Å². The first-order valence-corrected chi connectivity index (χ1v) is 32.4. The van der Waals surface area contributed by atoms with Crippen LogP contribution in [0.1, 0.15) is 0 Å². The molecule has 0 saturated carbocycles. The summed E-state index contributed by atoms with van der Waals surface area (Å²) in [4.78, 5) is 0. The van der Waals surface area contributed by atoms with Crippen molar-refractivity contribution in [2.45, 2.75) is 0 Å². The lowest BCUT2D eigenvalue weighted by molar-refractivity contribution is 1.15. The lowest BCUT2D eigenvalue weighted by atomic mass is 9.92. The molecule has 94 heavy (non-hydrogen) atoms. The molecule has 4 aromatic heterocycles. The molecule has 0 fully saturated rings. The molecule has 15 aromatic carbocycles. The van der Waals surface area contributed by atoms with Gasteiger partial charge in [-0.15, -0.1) is 0 Å². The van der Waals surface area contributed by atoms with Crippen LogP contribution in [0, 0.1) is 0 Å². The molecule has 4 heterocycles. The van der Waals surface area contributed by atoms with Crippen LogP contribution in [-0.2, 0) is 0 Å². The van der Waals surface area contributed by atoms with Gasteiger partial charge in [0.1, 0.15) is 0 Å². The van der Waals surface area contributed by atoms with E-state index < -0.39 is 0 Å². The van der Waals surface area contributed by atoms with Crippen molar-refractivity contribution in [2.24, 2.45) is 0 Å². The molecule has 4 nitrogen and oxygen atoms in total. The van der Waals surface area contributed by atoms with Crippen LogP contribution in [0.4, 0.5) is 0 Å². The first-order chi connectivity index (χ1) is 46.6. The van der Waals surface area contributed by atoms with E-state index in [-0.39, 0.29) is 0 Å². The second-order valence-electron chi connectivity index (χ2n) is 24.8. The van der Waals surface area contributed by atoms with Crippen molar-refractivity contribution in [3.05, 3.63) is 352 Å². The van der Waals surface area contributed by atoms with Gasteiger partial charge in [-0.25, -0.2) is 0 Å². The molecule has 0 radical (unpaired) electrons. The zero-order chi connectivity index (χ0) is 61.8. The minimum atomic E-state index is 1.10. The average Bonchev–Trinajstić information content (AvgIpc) is 1.55. The third-order valence-electron chi connectivity index (χ3n) is 19.5. The summed E-state index contributed by atoms with van der Waals surface area (Å²) >= 11 is 0. The van der Waals surface area contributed by atoms with Crippen molar-refractivity contribution in [3.8, 4) is 89.5 Å². The molecule has 0 N–H and O–H groups in total. The Kier molecular flexibility index (Phi) is 12.3.